The fourth-order valence-corrected chi connectivity index (χ4v) is 1.11. The molecule has 17 heavy (non-hydrogen) atoms. The molecule has 0 aromatic rings. The van der Waals surface area contributed by atoms with Gasteiger partial charge in [0.25, 0.3) is 0 Å². The minimum atomic E-state index is -1.32. The van der Waals surface area contributed by atoms with Crippen LogP contribution in [0.1, 0.15) is 26.7 Å². The van der Waals surface area contributed by atoms with Gasteiger partial charge in [-0.05, 0) is 0 Å². The summed E-state index contributed by atoms with van der Waals surface area (Å²) in [6, 6.07) is 0. The van der Waals surface area contributed by atoms with Gasteiger partial charge in [-0.25, -0.2) is 0 Å². The number of hydrogen-bond donors (Lipinski definition) is 4. The number of Topliss-reactive ketones (excluding diaryl/α,β-unsaturated/α-hetero) is 1. The Labute approximate surface area is 101 Å². The molecule has 0 fully saturated rings. The predicted octanol–water partition coefficient (Wildman–Crippen LogP) is -1.18. The predicted molar refractivity (Wildman–Crippen MR) is 61.2 cm³/mol. The van der Waals surface area contributed by atoms with E-state index in [1.165, 1.54) is 0 Å². The fraction of sp³-hybridized carbons (Fsp3) is 0.818. The van der Waals surface area contributed by atoms with Crippen molar-refractivity contribution in [1.29, 1.82) is 0 Å². The van der Waals surface area contributed by atoms with E-state index in [0.717, 1.165) is 0 Å². The topological polar surface area (TPSA) is 107 Å². The molecule has 1 atom stereocenters. The lowest BCUT2D eigenvalue weighted by Crippen LogP contribution is -2.46. The van der Waals surface area contributed by atoms with Crippen LogP contribution in [0.2, 0.25) is 0 Å². The molecule has 0 aliphatic carbocycles. The highest BCUT2D eigenvalue weighted by molar-refractivity contribution is 5.83. The first kappa shape index (κ1) is 16.0. The third-order valence-corrected chi connectivity index (χ3v) is 2.49. The summed E-state index contributed by atoms with van der Waals surface area (Å²) >= 11 is 0. The summed E-state index contributed by atoms with van der Waals surface area (Å²) in [5.74, 6) is -0.760. The zero-order chi connectivity index (χ0) is 13.5. The van der Waals surface area contributed by atoms with E-state index in [0.29, 0.717) is 0 Å². The molecule has 0 rings (SSSR count). The summed E-state index contributed by atoms with van der Waals surface area (Å²) in [6.45, 7) is 2.73. The highest BCUT2D eigenvalue weighted by atomic mass is 16.3. The van der Waals surface area contributed by atoms with Crippen molar-refractivity contribution in [3.63, 3.8) is 0 Å². The molecule has 0 aromatic heterocycles. The molecule has 100 valence electrons. The van der Waals surface area contributed by atoms with Gasteiger partial charge in [-0.3, -0.25) is 9.59 Å². The van der Waals surface area contributed by atoms with Crippen molar-refractivity contribution in [2.24, 2.45) is 5.41 Å². The van der Waals surface area contributed by atoms with E-state index in [9.17, 15) is 14.7 Å². The SMILES string of the molecule is CC(C)(CO)[C@@H](O)C(=O)NCCC(=O)CCO. The largest absolute Gasteiger partial charge is 0.396 e. The molecular formula is C11H21NO5. The molecule has 1 amide bonds. The minimum Gasteiger partial charge on any atom is -0.396 e. The molecule has 4 N–H and O–H groups in total. The van der Waals surface area contributed by atoms with Crippen LogP contribution < -0.4 is 5.32 Å². The monoisotopic (exact) mass is 247 g/mol. The zero-order valence-electron chi connectivity index (χ0n) is 10.3. The molecule has 0 radical (unpaired) electrons. The van der Waals surface area contributed by atoms with Gasteiger partial charge in [0, 0.05) is 31.4 Å². The Morgan fingerprint density at radius 3 is 2.29 bits per heavy atom. The smallest absolute Gasteiger partial charge is 0.249 e. The summed E-state index contributed by atoms with van der Waals surface area (Å²) in [4.78, 5) is 22.5. The standard InChI is InChI=1S/C11H21NO5/c1-11(2,7-14)9(16)10(17)12-5-3-8(15)4-6-13/h9,13-14,16H,3-7H2,1-2H3,(H,12,17)/t9-/m0/s1. The van der Waals surface area contributed by atoms with Crippen molar-refractivity contribution < 1.29 is 24.9 Å². The Kier molecular flexibility index (Phi) is 6.94. The van der Waals surface area contributed by atoms with Crippen molar-refractivity contribution in [3.05, 3.63) is 0 Å². The summed E-state index contributed by atoms with van der Waals surface area (Å²) < 4.78 is 0. The number of nitrogens with one attached hydrogen (secondary N) is 1. The van der Waals surface area contributed by atoms with Gasteiger partial charge in [0.1, 0.15) is 11.9 Å². The molecule has 0 saturated carbocycles. The number of hydrogen-bond acceptors (Lipinski definition) is 5. The second-order valence-corrected chi connectivity index (χ2v) is 4.60. The molecule has 0 aromatic carbocycles. The first-order valence-electron chi connectivity index (χ1n) is 5.54. The van der Waals surface area contributed by atoms with Crippen LogP contribution in [-0.4, -0.2) is 52.9 Å². The molecule has 0 aliphatic heterocycles. The van der Waals surface area contributed by atoms with E-state index in [2.05, 4.69) is 5.32 Å². The first-order valence-corrected chi connectivity index (χ1v) is 5.54. The van der Waals surface area contributed by atoms with Gasteiger partial charge in [0.2, 0.25) is 5.91 Å². The average Bonchev–Trinajstić information content (AvgIpc) is 2.28. The van der Waals surface area contributed by atoms with E-state index in [1.54, 1.807) is 13.8 Å². The molecule has 0 aliphatic rings. The van der Waals surface area contributed by atoms with E-state index in [1.807, 2.05) is 0 Å². The quantitative estimate of drug-likeness (QED) is 0.432. The highest BCUT2D eigenvalue weighted by Crippen LogP contribution is 2.19. The van der Waals surface area contributed by atoms with Crippen LogP contribution in [0.15, 0.2) is 0 Å². The third-order valence-electron chi connectivity index (χ3n) is 2.49. The number of rotatable bonds is 8. The van der Waals surface area contributed by atoms with Crippen LogP contribution in [0.5, 0.6) is 0 Å². The highest BCUT2D eigenvalue weighted by Gasteiger charge is 2.32. The van der Waals surface area contributed by atoms with Gasteiger partial charge in [-0.1, -0.05) is 13.8 Å². The maximum atomic E-state index is 11.5. The first-order chi connectivity index (χ1) is 7.85. The Morgan fingerprint density at radius 1 is 1.24 bits per heavy atom. The molecule has 6 heteroatoms. The fourth-order valence-electron chi connectivity index (χ4n) is 1.11. The Balaban J connectivity index is 3.99. The van der Waals surface area contributed by atoms with Gasteiger partial charge >= 0.3 is 0 Å². The van der Waals surface area contributed by atoms with Gasteiger partial charge < -0.3 is 20.6 Å². The van der Waals surface area contributed by atoms with Crippen molar-refractivity contribution >= 4 is 11.7 Å². The number of amides is 1. The molecular weight excluding hydrogens is 226 g/mol. The van der Waals surface area contributed by atoms with E-state index < -0.39 is 17.4 Å². The molecule has 0 spiro atoms. The second kappa shape index (κ2) is 7.37. The average molecular weight is 247 g/mol. The number of ketones is 1. The normalized spacial score (nSPS) is 13.2. The van der Waals surface area contributed by atoms with Crippen LogP contribution in [-0.2, 0) is 9.59 Å². The Hall–Kier alpha value is -0.980. The third kappa shape index (κ3) is 5.76. The lowest BCUT2D eigenvalue weighted by atomic mass is 9.87. The van der Waals surface area contributed by atoms with Gasteiger partial charge in [-0.2, -0.15) is 0 Å². The van der Waals surface area contributed by atoms with Gasteiger partial charge in [-0.15, -0.1) is 0 Å². The maximum Gasteiger partial charge on any atom is 0.249 e. The van der Waals surface area contributed by atoms with Crippen LogP contribution in [0, 0.1) is 5.41 Å². The van der Waals surface area contributed by atoms with E-state index >= 15 is 0 Å². The summed E-state index contributed by atoms with van der Waals surface area (Å²) in [7, 11) is 0. The number of aliphatic hydroxyl groups excluding tert-OH is 3. The van der Waals surface area contributed by atoms with E-state index in [4.69, 9.17) is 10.2 Å². The summed E-state index contributed by atoms with van der Waals surface area (Å²) in [6.07, 6.45) is -1.13. The van der Waals surface area contributed by atoms with Crippen molar-refractivity contribution in [2.45, 2.75) is 32.8 Å². The Bertz CT molecular complexity index is 265. The molecule has 6 nitrogen and oxygen atoms in total. The van der Waals surface area contributed by atoms with Crippen molar-refractivity contribution in [3.8, 4) is 0 Å². The lowest BCUT2D eigenvalue weighted by molar-refractivity contribution is -0.137. The Morgan fingerprint density at radius 2 is 1.82 bits per heavy atom. The van der Waals surface area contributed by atoms with Gasteiger partial charge in [0.15, 0.2) is 0 Å². The van der Waals surface area contributed by atoms with Gasteiger partial charge in [0.05, 0.1) is 6.61 Å². The molecule has 0 saturated heterocycles. The van der Waals surface area contributed by atoms with E-state index in [-0.39, 0.29) is 38.4 Å². The maximum absolute atomic E-state index is 11.5. The van der Waals surface area contributed by atoms with Crippen LogP contribution in [0.3, 0.4) is 0 Å². The minimum absolute atomic E-state index is 0.0700. The second-order valence-electron chi connectivity index (χ2n) is 4.60. The van der Waals surface area contributed by atoms with Crippen molar-refractivity contribution in [1.82, 2.24) is 5.32 Å². The number of carbonyl (C=O) groups is 2. The molecule has 0 bridgehead atoms. The summed E-state index contributed by atoms with van der Waals surface area (Å²) in [5.41, 5.74) is -0.917. The number of carbonyl (C=O) groups excluding carboxylic acids is 2. The lowest BCUT2D eigenvalue weighted by Gasteiger charge is -2.27. The van der Waals surface area contributed by atoms with Crippen molar-refractivity contribution in [2.75, 3.05) is 19.8 Å². The van der Waals surface area contributed by atoms with Crippen LogP contribution in [0.25, 0.3) is 0 Å². The number of aliphatic hydroxyl groups is 3. The molecule has 0 heterocycles. The molecule has 0 unspecified atom stereocenters. The summed E-state index contributed by atoms with van der Waals surface area (Å²) in [5, 5.41) is 29.5. The van der Waals surface area contributed by atoms with Crippen LogP contribution in [0.4, 0.5) is 0 Å². The zero-order valence-corrected chi connectivity index (χ0v) is 10.3. The van der Waals surface area contributed by atoms with Crippen LogP contribution >= 0.6 is 0 Å².